The number of aromatic nitrogens is 2. The highest BCUT2D eigenvalue weighted by atomic mass is 16.5. The summed E-state index contributed by atoms with van der Waals surface area (Å²) >= 11 is 0. The Bertz CT molecular complexity index is 1030. The maximum absolute atomic E-state index is 12.5. The molecule has 150 valence electrons. The molecule has 29 heavy (non-hydrogen) atoms. The summed E-state index contributed by atoms with van der Waals surface area (Å²) in [6.07, 6.45) is 0. The van der Waals surface area contributed by atoms with Gasteiger partial charge in [0.15, 0.2) is 0 Å². The lowest BCUT2D eigenvalue weighted by atomic mass is 10.1. The first-order chi connectivity index (χ1) is 14.1. The molecule has 7 nitrogen and oxygen atoms in total. The molecule has 1 heterocycles. The standard InChI is InChI=1S/C22H23N3O4/c1-3-29-20-7-5-4-6-18(20)22(27)23-14-15-25-21(26)13-12-19(24-25)16-8-10-17(28-2)11-9-16/h4-13H,3,14-15H2,1-2H3,(H,23,27). The van der Waals surface area contributed by atoms with Crippen LogP contribution in [0.2, 0.25) is 0 Å². The molecule has 0 unspecified atom stereocenters. The van der Waals surface area contributed by atoms with Crippen molar-refractivity contribution in [1.82, 2.24) is 15.1 Å². The van der Waals surface area contributed by atoms with Crippen molar-refractivity contribution in [3.8, 4) is 22.8 Å². The molecule has 3 aromatic rings. The van der Waals surface area contributed by atoms with E-state index in [2.05, 4.69) is 10.4 Å². The van der Waals surface area contributed by atoms with Crippen LogP contribution in [0, 0.1) is 0 Å². The van der Waals surface area contributed by atoms with Crippen LogP contribution in [0.25, 0.3) is 11.3 Å². The van der Waals surface area contributed by atoms with Gasteiger partial charge in [-0.15, -0.1) is 0 Å². The number of para-hydroxylation sites is 1. The van der Waals surface area contributed by atoms with Crippen molar-refractivity contribution >= 4 is 5.91 Å². The van der Waals surface area contributed by atoms with Gasteiger partial charge in [-0.25, -0.2) is 4.68 Å². The van der Waals surface area contributed by atoms with E-state index in [1.165, 1.54) is 10.7 Å². The molecule has 1 aromatic heterocycles. The number of hydrogen-bond acceptors (Lipinski definition) is 5. The van der Waals surface area contributed by atoms with Crippen LogP contribution in [0.4, 0.5) is 0 Å². The number of carbonyl (C=O) groups excluding carboxylic acids is 1. The maximum Gasteiger partial charge on any atom is 0.266 e. The number of nitrogens with zero attached hydrogens (tertiary/aromatic N) is 2. The Hall–Kier alpha value is -3.61. The van der Waals surface area contributed by atoms with Crippen LogP contribution in [-0.4, -0.2) is 35.9 Å². The fourth-order valence-corrected chi connectivity index (χ4v) is 2.83. The van der Waals surface area contributed by atoms with Gasteiger partial charge in [-0.1, -0.05) is 12.1 Å². The molecule has 0 atom stereocenters. The lowest BCUT2D eigenvalue weighted by molar-refractivity contribution is 0.0948. The normalized spacial score (nSPS) is 10.4. The van der Waals surface area contributed by atoms with Crippen molar-refractivity contribution < 1.29 is 14.3 Å². The highest BCUT2D eigenvalue weighted by Crippen LogP contribution is 2.19. The topological polar surface area (TPSA) is 82.4 Å². The number of benzene rings is 2. The maximum atomic E-state index is 12.5. The van der Waals surface area contributed by atoms with Crippen molar-refractivity contribution in [3.63, 3.8) is 0 Å². The predicted molar refractivity (Wildman–Crippen MR) is 110 cm³/mol. The molecule has 0 radical (unpaired) electrons. The second-order valence-electron chi connectivity index (χ2n) is 6.19. The van der Waals surface area contributed by atoms with E-state index in [1.807, 2.05) is 37.3 Å². The molecule has 0 fully saturated rings. The summed E-state index contributed by atoms with van der Waals surface area (Å²) in [6, 6.07) is 17.6. The van der Waals surface area contributed by atoms with E-state index >= 15 is 0 Å². The highest BCUT2D eigenvalue weighted by molar-refractivity contribution is 5.96. The van der Waals surface area contributed by atoms with E-state index < -0.39 is 0 Å². The van der Waals surface area contributed by atoms with E-state index in [4.69, 9.17) is 9.47 Å². The Labute approximate surface area is 168 Å². The number of nitrogens with one attached hydrogen (secondary N) is 1. The van der Waals surface area contributed by atoms with Gasteiger partial charge in [0.2, 0.25) is 0 Å². The number of hydrogen-bond donors (Lipinski definition) is 1. The molecule has 1 amide bonds. The smallest absolute Gasteiger partial charge is 0.266 e. The molecule has 2 aromatic carbocycles. The minimum absolute atomic E-state index is 0.230. The number of amides is 1. The van der Waals surface area contributed by atoms with Crippen LogP contribution in [0.15, 0.2) is 65.5 Å². The number of methoxy groups -OCH3 is 1. The summed E-state index contributed by atoms with van der Waals surface area (Å²) in [6.45, 7) is 2.86. The molecule has 0 aliphatic rings. The van der Waals surface area contributed by atoms with Crippen molar-refractivity contribution in [2.45, 2.75) is 13.5 Å². The highest BCUT2D eigenvalue weighted by Gasteiger charge is 2.11. The van der Waals surface area contributed by atoms with Crippen LogP contribution >= 0.6 is 0 Å². The summed E-state index contributed by atoms with van der Waals surface area (Å²) in [5.41, 5.74) is 1.77. The van der Waals surface area contributed by atoms with Crippen LogP contribution in [0.3, 0.4) is 0 Å². The van der Waals surface area contributed by atoms with Gasteiger partial charge in [-0.3, -0.25) is 9.59 Å². The second kappa shape index (κ2) is 9.54. The Morgan fingerprint density at radius 1 is 1.07 bits per heavy atom. The fraction of sp³-hybridized carbons (Fsp3) is 0.227. The Kier molecular flexibility index (Phi) is 6.63. The van der Waals surface area contributed by atoms with E-state index in [0.717, 1.165) is 11.3 Å². The lowest BCUT2D eigenvalue weighted by Crippen LogP contribution is -2.32. The average Bonchev–Trinajstić information content (AvgIpc) is 2.75. The van der Waals surface area contributed by atoms with Crippen LogP contribution in [-0.2, 0) is 6.54 Å². The van der Waals surface area contributed by atoms with Gasteiger partial charge in [-0.05, 0) is 49.4 Å². The van der Waals surface area contributed by atoms with E-state index in [-0.39, 0.29) is 24.6 Å². The molecule has 0 aliphatic heterocycles. The largest absolute Gasteiger partial charge is 0.497 e. The molecule has 0 spiro atoms. The monoisotopic (exact) mass is 393 g/mol. The van der Waals surface area contributed by atoms with Crippen molar-refractivity contribution in [2.24, 2.45) is 0 Å². The zero-order valence-electron chi connectivity index (χ0n) is 16.4. The average molecular weight is 393 g/mol. The zero-order valence-corrected chi connectivity index (χ0v) is 16.4. The van der Waals surface area contributed by atoms with Gasteiger partial charge in [0.1, 0.15) is 11.5 Å². The minimum atomic E-state index is -0.256. The summed E-state index contributed by atoms with van der Waals surface area (Å²) < 4.78 is 12.0. The van der Waals surface area contributed by atoms with Crippen molar-refractivity contribution in [1.29, 1.82) is 0 Å². The Morgan fingerprint density at radius 3 is 2.55 bits per heavy atom. The summed E-state index contributed by atoms with van der Waals surface area (Å²) in [7, 11) is 1.61. The third-order valence-electron chi connectivity index (χ3n) is 4.29. The molecule has 1 N–H and O–H groups in total. The van der Waals surface area contributed by atoms with Crippen molar-refractivity contribution in [2.75, 3.05) is 20.3 Å². The van der Waals surface area contributed by atoms with Gasteiger partial charge >= 0.3 is 0 Å². The van der Waals surface area contributed by atoms with Gasteiger partial charge in [0.05, 0.1) is 31.5 Å². The van der Waals surface area contributed by atoms with Gasteiger partial charge in [0.25, 0.3) is 11.5 Å². The molecule has 7 heteroatoms. The van der Waals surface area contributed by atoms with Crippen LogP contribution < -0.4 is 20.3 Å². The lowest BCUT2D eigenvalue weighted by Gasteiger charge is -2.11. The first kappa shape index (κ1) is 20.1. The molecule has 0 saturated heterocycles. The summed E-state index contributed by atoms with van der Waals surface area (Å²) in [4.78, 5) is 24.6. The molecule has 0 bridgehead atoms. The van der Waals surface area contributed by atoms with Crippen LogP contribution in [0.1, 0.15) is 17.3 Å². The predicted octanol–water partition coefficient (Wildman–Crippen LogP) is 2.75. The third kappa shape index (κ3) is 5.01. The summed E-state index contributed by atoms with van der Waals surface area (Å²) in [5, 5.41) is 7.21. The molecule has 3 rings (SSSR count). The third-order valence-corrected chi connectivity index (χ3v) is 4.29. The quantitative estimate of drug-likeness (QED) is 0.636. The Balaban J connectivity index is 1.68. The first-order valence-corrected chi connectivity index (χ1v) is 9.35. The minimum Gasteiger partial charge on any atom is -0.497 e. The van der Waals surface area contributed by atoms with Crippen LogP contribution in [0.5, 0.6) is 11.5 Å². The number of carbonyl (C=O) groups is 1. The number of rotatable bonds is 8. The van der Waals surface area contributed by atoms with E-state index in [9.17, 15) is 9.59 Å². The fourth-order valence-electron chi connectivity index (χ4n) is 2.83. The molecular weight excluding hydrogens is 370 g/mol. The zero-order chi connectivity index (χ0) is 20.6. The van der Waals surface area contributed by atoms with Crippen molar-refractivity contribution in [3.05, 3.63) is 76.6 Å². The Morgan fingerprint density at radius 2 is 1.83 bits per heavy atom. The SMILES string of the molecule is CCOc1ccccc1C(=O)NCCn1nc(-c2ccc(OC)cc2)ccc1=O. The second-order valence-corrected chi connectivity index (χ2v) is 6.19. The molecular formula is C22H23N3O4. The van der Waals surface area contributed by atoms with E-state index in [1.54, 1.807) is 31.4 Å². The van der Waals surface area contributed by atoms with Gasteiger partial charge in [-0.2, -0.15) is 5.10 Å². The summed E-state index contributed by atoms with van der Waals surface area (Å²) in [5.74, 6) is 1.02. The van der Waals surface area contributed by atoms with Gasteiger partial charge in [0, 0.05) is 18.2 Å². The molecule has 0 saturated carbocycles. The first-order valence-electron chi connectivity index (χ1n) is 9.35. The number of ether oxygens (including phenoxy) is 2. The van der Waals surface area contributed by atoms with Gasteiger partial charge < -0.3 is 14.8 Å². The molecule has 0 aliphatic carbocycles. The van der Waals surface area contributed by atoms with E-state index in [0.29, 0.717) is 23.6 Å².